The lowest BCUT2D eigenvalue weighted by Crippen LogP contribution is -2.09. The Kier molecular flexibility index (Phi) is 2.58. The van der Waals surface area contributed by atoms with E-state index in [4.69, 9.17) is 9.52 Å². The molecule has 0 aliphatic heterocycles. The molecule has 1 aromatic carbocycles. The van der Waals surface area contributed by atoms with Crippen molar-refractivity contribution in [2.75, 3.05) is 0 Å². The van der Waals surface area contributed by atoms with Crippen LogP contribution in [0.5, 0.6) is 0 Å². The van der Waals surface area contributed by atoms with Crippen LogP contribution in [0.4, 0.5) is 0 Å². The summed E-state index contributed by atoms with van der Waals surface area (Å²) in [6.45, 7) is 1.99. The molecule has 1 saturated carbocycles. The Balaban J connectivity index is 1.92. The number of rotatable bonds is 2. The molecule has 0 bridgehead atoms. The maximum atomic E-state index is 11.0. The number of oxazole rings is 1. The number of carboxylic acid groups (broad SMARTS) is 1. The molecule has 0 spiro atoms. The number of fused-ring (bicyclic) bond motifs is 1. The quantitative estimate of drug-likeness (QED) is 0.883. The summed E-state index contributed by atoms with van der Waals surface area (Å²) in [6.07, 6.45) is 2.21. The second-order valence-electron chi connectivity index (χ2n) is 5.02. The highest BCUT2D eigenvalue weighted by Crippen LogP contribution is 2.39. The minimum Gasteiger partial charge on any atom is -0.481 e. The molecule has 1 heterocycles. The van der Waals surface area contributed by atoms with E-state index in [-0.39, 0.29) is 11.8 Å². The van der Waals surface area contributed by atoms with Crippen molar-refractivity contribution in [3.05, 3.63) is 29.7 Å². The smallest absolute Gasteiger partial charge is 0.306 e. The van der Waals surface area contributed by atoms with Crippen LogP contribution >= 0.6 is 0 Å². The Morgan fingerprint density at radius 3 is 2.94 bits per heavy atom. The standard InChI is InChI=1S/C14H15NO3/c1-8-3-2-4-11-12(8)18-13(15-11)9-5-6-10(7-9)14(16)17/h2-4,9-10H,5-7H2,1H3,(H,16,17). The Morgan fingerprint density at radius 1 is 1.44 bits per heavy atom. The lowest BCUT2D eigenvalue weighted by atomic mass is 10.1. The first-order valence-corrected chi connectivity index (χ1v) is 6.24. The number of hydrogen-bond acceptors (Lipinski definition) is 3. The van der Waals surface area contributed by atoms with Crippen LogP contribution in [0.1, 0.15) is 36.6 Å². The Labute approximate surface area is 105 Å². The molecule has 2 aromatic rings. The van der Waals surface area contributed by atoms with Gasteiger partial charge in [-0.05, 0) is 37.8 Å². The molecule has 0 amide bonds. The largest absolute Gasteiger partial charge is 0.481 e. The van der Waals surface area contributed by atoms with E-state index in [1.807, 2.05) is 25.1 Å². The third kappa shape index (κ3) is 1.78. The van der Waals surface area contributed by atoms with Crippen molar-refractivity contribution in [1.29, 1.82) is 0 Å². The highest BCUT2D eigenvalue weighted by Gasteiger charge is 2.33. The van der Waals surface area contributed by atoms with Crippen LogP contribution in [0.2, 0.25) is 0 Å². The summed E-state index contributed by atoms with van der Waals surface area (Å²) in [5, 5.41) is 9.01. The molecular formula is C14H15NO3. The molecule has 0 saturated heterocycles. The van der Waals surface area contributed by atoms with Gasteiger partial charge in [0, 0.05) is 5.92 Å². The van der Waals surface area contributed by atoms with Crippen molar-refractivity contribution >= 4 is 17.1 Å². The van der Waals surface area contributed by atoms with Gasteiger partial charge in [0.05, 0.1) is 5.92 Å². The molecule has 2 unspecified atom stereocenters. The van der Waals surface area contributed by atoms with E-state index in [1.165, 1.54) is 0 Å². The van der Waals surface area contributed by atoms with E-state index in [9.17, 15) is 4.79 Å². The van der Waals surface area contributed by atoms with Crippen LogP contribution in [0.25, 0.3) is 11.1 Å². The highest BCUT2D eigenvalue weighted by molar-refractivity contribution is 5.76. The van der Waals surface area contributed by atoms with Gasteiger partial charge in [0.2, 0.25) is 0 Å². The lowest BCUT2D eigenvalue weighted by molar-refractivity contribution is -0.141. The molecule has 4 nitrogen and oxygen atoms in total. The van der Waals surface area contributed by atoms with Crippen LogP contribution in [0, 0.1) is 12.8 Å². The second kappa shape index (κ2) is 4.12. The average molecular weight is 245 g/mol. The molecule has 1 N–H and O–H groups in total. The van der Waals surface area contributed by atoms with Gasteiger partial charge < -0.3 is 9.52 Å². The molecule has 18 heavy (non-hydrogen) atoms. The summed E-state index contributed by atoms with van der Waals surface area (Å²) >= 11 is 0. The van der Waals surface area contributed by atoms with Crippen LogP contribution in [0.15, 0.2) is 22.6 Å². The fourth-order valence-corrected chi connectivity index (χ4v) is 2.71. The molecule has 94 valence electrons. The highest BCUT2D eigenvalue weighted by atomic mass is 16.4. The maximum Gasteiger partial charge on any atom is 0.306 e. The predicted octanol–water partition coefficient (Wildman–Crippen LogP) is 3.10. The minimum absolute atomic E-state index is 0.151. The van der Waals surface area contributed by atoms with Gasteiger partial charge in [-0.25, -0.2) is 4.98 Å². The zero-order valence-corrected chi connectivity index (χ0v) is 10.2. The van der Waals surface area contributed by atoms with Gasteiger partial charge in [0.15, 0.2) is 11.5 Å². The number of aromatic nitrogens is 1. The van der Waals surface area contributed by atoms with E-state index >= 15 is 0 Å². The Morgan fingerprint density at radius 2 is 2.28 bits per heavy atom. The monoisotopic (exact) mass is 245 g/mol. The SMILES string of the molecule is Cc1cccc2nc(C3CCC(C(=O)O)C3)oc12. The van der Waals surface area contributed by atoms with Crippen LogP contribution < -0.4 is 0 Å². The topological polar surface area (TPSA) is 63.3 Å². The van der Waals surface area contributed by atoms with Gasteiger partial charge >= 0.3 is 5.97 Å². The summed E-state index contributed by atoms with van der Waals surface area (Å²) in [6, 6.07) is 5.88. The summed E-state index contributed by atoms with van der Waals surface area (Å²) < 4.78 is 5.81. The third-order valence-corrected chi connectivity index (χ3v) is 3.76. The van der Waals surface area contributed by atoms with E-state index in [0.29, 0.717) is 12.3 Å². The van der Waals surface area contributed by atoms with E-state index in [2.05, 4.69) is 4.98 Å². The summed E-state index contributed by atoms with van der Waals surface area (Å²) in [5.74, 6) is -0.100. The zero-order chi connectivity index (χ0) is 12.7. The summed E-state index contributed by atoms with van der Waals surface area (Å²) in [7, 11) is 0. The van der Waals surface area contributed by atoms with Crippen molar-refractivity contribution < 1.29 is 14.3 Å². The number of hydrogen-bond donors (Lipinski definition) is 1. The molecule has 2 atom stereocenters. The predicted molar refractivity (Wildman–Crippen MR) is 66.5 cm³/mol. The first-order chi connectivity index (χ1) is 8.65. The molecule has 1 aliphatic rings. The molecule has 3 rings (SSSR count). The maximum absolute atomic E-state index is 11.0. The van der Waals surface area contributed by atoms with Crippen molar-refractivity contribution in [3.63, 3.8) is 0 Å². The van der Waals surface area contributed by atoms with Gasteiger partial charge in [-0.1, -0.05) is 12.1 Å². The fraction of sp³-hybridized carbons (Fsp3) is 0.429. The number of nitrogens with zero attached hydrogens (tertiary/aromatic N) is 1. The first kappa shape index (κ1) is 11.3. The van der Waals surface area contributed by atoms with Crippen molar-refractivity contribution in [2.45, 2.75) is 32.1 Å². The van der Waals surface area contributed by atoms with Gasteiger partial charge in [-0.3, -0.25) is 4.79 Å². The molecule has 0 radical (unpaired) electrons. The Hall–Kier alpha value is -1.84. The summed E-state index contributed by atoms with van der Waals surface area (Å²) in [5.41, 5.74) is 2.76. The van der Waals surface area contributed by atoms with Crippen LogP contribution in [0.3, 0.4) is 0 Å². The lowest BCUT2D eigenvalue weighted by Gasteiger charge is -2.03. The van der Waals surface area contributed by atoms with Crippen molar-refractivity contribution in [1.82, 2.24) is 4.98 Å². The minimum atomic E-state index is -0.704. The number of para-hydroxylation sites is 1. The van der Waals surface area contributed by atoms with Crippen molar-refractivity contribution in [2.24, 2.45) is 5.92 Å². The van der Waals surface area contributed by atoms with Crippen LogP contribution in [-0.4, -0.2) is 16.1 Å². The number of aryl methyl sites for hydroxylation is 1. The zero-order valence-electron chi connectivity index (χ0n) is 10.2. The molecule has 1 aliphatic carbocycles. The normalized spacial score (nSPS) is 23.6. The average Bonchev–Trinajstić information content (AvgIpc) is 2.95. The first-order valence-electron chi connectivity index (χ1n) is 6.24. The van der Waals surface area contributed by atoms with E-state index < -0.39 is 5.97 Å². The van der Waals surface area contributed by atoms with Gasteiger partial charge in [0.1, 0.15) is 5.52 Å². The number of carbonyl (C=O) groups is 1. The molecule has 1 fully saturated rings. The van der Waals surface area contributed by atoms with E-state index in [0.717, 1.165) is 29.5 Å². The number of aliphatic carboxylic acids is 1. The molecule has 1 aromatic heterocycles. The Bertz CT molecular complexity index is 602. The fourth-order valence-electron chi connectivity index (χ4n) is 2.71. The van der Waals surface area contributed by atoms with Gasteiger partial charge in [0.25, 0.3) is 0 Å². The van der Waals surface area contributed by atoms with Gasteiger partial charge in [-0.15, -0.1) is 0 Å². The third-order valence-electron chi connectivity index (χ3n) is 3.76. The van der Waals surface area contributed by atoms with Gasteiger partial charge in [-0.2, -0.15) is 0 Å². The second-order valence-corrected chi connectivity index (χ2v) is 5.02. The number of benzene rings is 1. The molecular weight excluding hydrogens is 230 g/mol. The molecule has 4 heteroatoms. The number of carboxylic acids is 1. The van der Waals surface area contributed by atoms with E-state index in [1.54, 1.807) is 0 Å². The summed E-state index contributed by atoms with van der Waals surface area (Å²) in [4.78, 5) is 15.4. The van der Waals surface area contributed by atoms with Crippen molar-refractivity contribution in [3.8, 4) is 0 Å². The van der Waals surface area contributed by atoms with Crippen LogP contribution in [-0.2, 0) is 4.79 Å².